The molecule has 0 spiro atoms. The summed E-state index contributed by atoms with van der Waals surface area (Å²) in [5.41, 5.74) is 7.14. The molecule has 1 aromatic heterocycles. The minimum absolute atomic E-state index is 0.0849. The zero-order valence-electron chi connectivity index (χ0n) is 19.0. The van der Waals surface area contributed by atoms with Gasteiger partial charge in [0.05, 0.1) is 10.3 Å². The SMILES string of the molecule is NC(=O)c1nn(CC(=O)N2CCN(S(=O)(=O)c3ccc4c(c3)CCC4)CC2)c(=O)c2ccccc12. The molecular weight excluding hydrogens is 470 g/mol. The van der Waals surface area contributed by atoms with E-state index in [1.807, 2.05) is 6.07 Å². The fraction of sp³-hybridized carbons (Fsp3) is 0.333. The average molecular weight is 496 g/mol. The molecule has 0 atom stereocenters. The lowest BCUT2D eigenvalue weighted by molar-refractivity contribution is -0.133. The molecule has 2 aliphatic rings. The van der Waals surface area contributed by atoms with Gasteiger partial charge in [0.15, 0.2) is 5.69 Å². The third-order valence-electron chi connectivity index (χ3n) is 6.69. The van der Waals surface area contributed by atoms with E-state index in [4.69, 9.17) is 5.73 Å². The van der Waals surface area contributed by atoms with Crippen molar-refractivity contribution < 1.29 is 18.0 Å². The predicted molar refractivity (Wildman–Crippen MR) is 128 cm³/mol. The minimum atomic E-state index is -3.66. The molecule has 0 bridgehead atoms. The summed E-state index contributed by atoms with van der Waals surface area (Å²) in [6, 6.07) is 11.8. The first-order valence-electron chi connectivity index (χ1n) is 11.4. The summed E-state index contributed by atoms with van der Waals surface area (Å²) in [5, 5.41) is 4.61. The number of carbonyl (C=O) groups excluding carboxylic acids is 2. The molecule has 2 amide bonds. The molecule has 2 N–H and O–H groups in total. The lowest BCUT2D eigenvalue weighted by Gasteiger charge is -2.34. The maximum absolute atomic E-state index is 13.1. The molecule has 3 aromatic rings. The van der Waals surface area contributed by atoms with Gasteiger partial charge < -0.3 is 10.6 Å². The van der Waals surface area contributed by atoms with E-state index < -0.39 is 21.5 Å². The van der Waals surface area contributed by atoms with Crippen LogP contribution < -0.4 is 11.3 Å². The molecule has 11 heteroatoms. The third kappa shape index (κ3) is 4.21. The Kier molecular flexibility index (Phi) is 5.89. The lowest BCUT2D eigenvalue weighted by atomic mass is 10.1. The second kappa shape index (κ2) is 8.90. The number of hydrogen-bond acceptors (Lipinski definition) is 6. The maximum atomic E-state index is 13.1. The van der Waals surface area contributed by atoms with E-state index in [-0.39, 0.29) is 54.6 Å². The molecule has 2 heterocycles. The fourth-order valence-electron chi connectivity index (χ4n) is 4.79. The van der Waals surface area contributed by atoms with Gasteiger partial charge in [-0.15, -0.1) is 0 Å². The van der Waals surface area contributed by atoms with Crippen molar-refractivity contribution in [2.45, 2.75) is 30.7 Å². The van der Waals surface area contributed by atoms with Gasteiger partial charge in [-0.3, -0.25) is 14.4 Å². The van der Waals surface area contributed by atoms with Crippen molar-refractivity contribution in [1.29, 1.82) is 0 Å². The van der Waals surface area contributed by atoms with Crippen molar-refractivity contribution in [3.8, 4) is 0 Å². The second-order valence-electron chi connectivity index (χ2n) is 8.79. The van der Waals surface area contributed by atoms with E-state index in [1.165, 1.54) is 14.8 Å². The van der Waals surface area contributed by atoms with E-state index >= 15 is 0 Å². The summed E-state index contributed by atoms with van der Waals surface area (Å²) in [6.07, 6.45) is 2.91. The molecule has 10 nitrogen and oxygen atoms in total. The Labute approximate surface area is 202 Å². The Bertz CT molecular complexity index is 1510. The summed E-state index contributed by atoms with van der Waals surface area (Å²) in [5.74, 6) is -1.19. The van der Waals surface area contributed by atoms with Gasteiger partial charge in [0.25, 0.3) is 11.5 Å². The van der Waals surface area contributed by atoms with Gasteiger partial charge in [-0.25, -0.2) is 13.1 Å². The van der Waals surface area contributed by atoms with E-state index in [2.05, 4.69) is 5.10 Å². The van der Waals surface area contributed by atoms with Crippen molar-refractivity contribution in [2.75, 3.05) is 26.2 Å². The molecule has 35 heavy (non-hydrogen) atoms. The number of piperazine rings is 1. The van der Waals surface area contributed by atoms with Crippen LogP contribution in [0.5, 0.6) is 0 Å². The number of amides is 2. The van der Waals surface area contributed by atoms with Crippen molar-refractivity contribution in [3.63, 3.8) is 0 Å². The number of sulfonamides is 1. The zero-order valence-corrected chi connectivity index (χ0v) is 19.8. The minimum Gasteiger partial charge on any atom is -0.364 e. The van der Waals surface area contributed by atoms with E-state index in [0.29, 0.717) is 5.39 Å². The van der Waals surface area contributed by atoms with Crippen molar-refractivity contribution in [2.24, 2.45) is 5.73 Å². The van der Waals surface area contributed by atoms with E-state index in [9.17, 15) is 22.8 Å². The Morgan fingerprint density at radius 3 is 2.34 bits per heavy atom. The van der Waals surface area contributed by atoms with Gasteiger partial charge in [0.2, 0.25) is 15.9 Å². The predicted octanol–water partition coefficient (Wildman–Crippen LogP) is 0.517. The van der Waals surface area contributed by atoms with Gasteiger partial charge in [0.1, 0.15) is 6.54 Å². The largest absolute Gasteiger partial charge is 0.364 e. The number of primary amides is 1. The summed E-state index contributed by atoms with van der Waals surface area (Å²) in [7, 11) is -3.66. The quantitative estimate of drug-likeness (QED) is 0.548. The lowest BCUT2D eigenvalue weighted by Crippen LogP contribution is -2.51. The standard InChI is InChI=1S/C24H25N5O5S/c25-23(31)22-19-6-1-2-7-20(19)24(32)29(26-22)15-21(30)27-10-12-28(13-11-27)35(33,34)18-9-8-16-4-3-5-17(16)14-18/h1-2,6-9,14H,3-5,10-13,15H2,(H2,25,31). The average Bonchev–Trinajstić information content (AvgIpc) is 3.34. The van der Waals surface area contributed by atoms with Crippen molar-refractivity contribution >= 4 is 32.6 Å². The van der Waals surface area contributed by atoms with E-state index in [0.717, 1.165) is 29.5 Å². The molecule has 5 rings (SSSR count). The van der Waals surface area contributed by atoms with Crippen LogP contribution in [0.25, 0.3) is 10.8 Å². The van der Waals surface area contributed by atoms with Crippen molar-refractivity contribution in [1.82, 2.24) is 19.0 Å². The summed E-state index contributed by atoms with van der Waals surface area (Å²) in [6.45, 7) is 0.305. The van der Waals surface area contributed by atoms with Crippen LogP contribution in [0.15, 0.2) is 52.2 Å². The first kappa shape index (κ1) is 23.2. The molecule has 1 saturated heterocycles. The Balaban J connectivity index is 1.30. The zero-order chi connectivity index (χ0) is 24.7. The molecule has 2 aromatic carbocycles. The summed E-state index contributed by atoms with van der Waals surface area (Å²) in [4.78, 5) is 39.4. The smallest absolute Gasteiger partial charge is 0.275 e. The van der Waals surface area contributed by atoms with Crippen LogP contribution in [0.4, 0.5) is 0 Å². The molecule has 182 valence electrons. The highest BCUT2D eigenvalue weighted by Crippen LogP contribution is 2.26. The third-order valence-corrected chi connectivity index (χ3v) is 8.58. The van der Waals surface area contributed by atoms with Crippen LogP contribution >= 0.6 is 0 Å². The van der Waals surface area contributed by atoms with Crippen LogP contribution in [0.2, 0.25) is 0 Å². The number of aryl methyl sites for hydroxylation is 2. The van der Waals surface area contributed by atoms with Gasteiger partial charge in [-0.1, -0.05) is 24.3 Å². The number of aromatic nitrogens is 2. The van der Waals surface area contributed by atoms with Crippen LogP contribution in [0.1, 0.15) is 28.0 Å². The summed E-state index contributed by atoms with van der Waals surface area (Å²) >= 11 is 0. The molecule has 1 aliphatic heterocycles. The summed E-state index contributed by atoms with van der Waals surface area (Å²) < 4.78 is 28.6. The number of nitrogens with two attached hydrogens (primary N) is 1. The maximum Gasteiger partial charge on any atom is 0.275 e. The number of nitrogens with zero attached hydrogens (tertiary/aromatic N) is 4. The van der Waals surface area contributed by atoms with Crippen LogP contribution in [-0.2, 0) is 34.2 Å². The molecule has 0 unspecified atom stereocenters. The van der Waals surface area contributed by atoms with Crippen LogP contribution in [0, 0.1) is 0 Å². The highest BCUT2D eigenvalue weighted by Gasteiger charge is 2.31. The number of fused-ring (bicyclic) bond motifs is 2. The van der Waals surface area contributed by atoms with Gasteiger partial charge >= 0.3 is 0 Å². The molecule has 1 aliphatic carbocycles. The van der Waals surface area contributed by atoms with Crippen molar-refractivity contribution in [3.05, 3.63) is 69.6 Å². The van der Waals surface area contributed by atoms with Gasteiger partial charge in [0, 0.05) is 31.6 Å². The number of benzene rings is 2. The van der Waals surface area contributed by atoms with E-state index in [1.54, 1.807) is 36.4 Å². The number of carbonyl (C=O) groups is 2. The number of hydrogen-bond donors (Lipinski definition) is 1. The first-order valence-corrected chi connectivity index (χ1v) is 12.9. The molecule has 0 radical (unpaired) electrons. The van der Waals surface area contributed by atoms with Crippen LogP contribution in [0.3, 0.4) is 0 Å². The first-order chi connectivity index (χ1) is 16.8. The van der Waals surface area contributed by atoms with Gasteiger partial charge in [-0.05, 0) is 48.6 Å². The highest BCUT2D eigenvalue weighted by atomic mass is 32.2. The highest BCUT2D eigenvalue weighted by molar-refractivity contribution is 7.89. The Morgan fingerprint density at radius 2 is 1.63 bits per heavy atom. The molecule has 1 fully saturated rings. The molecule has 0 saturated carbocycles. The second-order valence-corrected chi connectivity index (χ2v) is 10.7. The Morgan fingerprint density at radius 1 is 0.943 bits per heavy atom. The topological polar surface area (TPSA) is 136 Å². The normalized spacial score (nSPS) is 16.4. The van der Waals surface area contributed by atoms with Gasteiger partial charge in [-0.2, -0.15) is 9.40 Å². The Hall–Kier alpha value is -3.57. The number of rotatable bonds is 5. The monoisotopic (exact) mass is 495 g/mol. The molecular formula is C24H25N5O5S. The fourth-order valence-corrected chi connectivity index (χ4v) is 6.26. The van der Waals surface area contributed by atoms with Crippen LogP contribution in [-0.4, -0.2) is 65.4 Å².